The van der Waals surface area contributed by atoms with Gasteiger partial charge in [0.15, 0.2) is 40.8 Å². The van der Waals surface area contributed by atoms with Crippen LogP contribution in [0.4, 0.5) is 0 Å². The van der Waals surface area contributed by atoms with E-state index in [0.717, 1.165) is 11.1 Å². The van der Waals surface area contributed by atoms with Gasteiger partial charge in [-0.1, -0.05) is 48.5 Å². The fraction of sp³-hybridized carbons (Fsp3) is 0.636. The number of ether oxygens (including phenoxy) is 5. The lowest BCUT2D eigenvalue weighted by Crippen LogP contribution is -2.44. The molecule has 1 unspecified atom stereocenters. The average Bonchev–Trinajstić information content (AvgIpc) is 3.21. The number of methoxy groups -OCH3 is 4. The number of hydrogen-bond donors (Lipinski definition) is 1. The maximum absolute atomic E-state index is 10.9. The van der Waals surface area contributed by atoms with E-state index in [1.54, 1.807) is 28.4 Å². The molecular formula is C33H54O8Si2. The molecule has 1 fully saturated rings. The molecule has 1 heterocycles. The van der Waals surface area contributed by atoms with E-state index >= 15 is 0 Å². The molecule has 1 saturated heterocycles. The molecule has 2 aromatic rings. The summed E-state index contributed by atoms with van der Waals surface area (Å²) < 4.78 is 43.6. The highest BCUT2D eigenvalue weighted by Crippen LogP contribution is 2.55. The second-order valence-electron chi connectivity index (χ2n) is 14.6. The van der Waals surface area contributed by atoms with Gasteiger partial charge in [0.2, 0.25) is 0 Å². The Labute approximate surface area is 261 Å². The van der Waals surface area contributed by atoms with Gasteiger partial charge >= 0.3 is 0 Å². The minimum Gasteiger partial charge on any atom is -0.539 e. The van der Waals surface area contributed by atoms with Crippen LogP contribution in [0.25, 0.3) is 0 Å². The standard InChI is InChI=1S/C33H54O8Si2/c1-21-16-28(34)39-33(21,22-17-24(35-8)29(25(18-22)36-9)40-42(12,13)31(2,3)4)23-19-26(37-10)30(27(20-23)38-11)41-43(14,15)32(5,6)7/h17-21,28,34H,16H2,1-15H3/t21-,28?/m1/s1. The quantitative estimate of drug-likeness (QED) is 0.263. The summed E-state index contributed by atoms with van der Waals surface area (Å²) in [5, 5.41) is 10.8. The van der Waals surface area contributed by atoms with Crippen LogP contribution in [0.1, 0.15) is 66.0 Å². The largest absolute Gasteiger partial charge is 0.539 e. The second kappa shape index (κ2) is 12.2. The molecule has 3 rings (SSSR count). The monoisotopic (exact) mass is 634 g/mol. The molecule has 43 heavy (non-hydrogen) atoms. The summed E-state index contributed by atoms with van der Waals surface area (Å²) in [7, 11) is 2.01. The van der Waals surface area contributed by atoms with Gasteiger partial charge in [0.25, 0.3) is 16.6 Å². The van der Waals surface area contributed by atoms with E-state index in [9.17, 15) is 5.11 Å². The van der Waals surface area contributed by atoms with Crippen LogP contribution in [-0.2, 0) is 10.3 Å². The lowest BCUT2D eigenvalue weighted by Gasteiger charge is -2.39. The smallest absolute Gasteiger partial charge is 0.250 e. The van der Waals surface area contributed by atoms with Crippen LogP contribution in [0.2, 0.25) is 36.3 Å². The van der Waals surface area contributed by atoms with Gasteiger partial charge in [-0.3, -0.25) is 0 Å². The Morgan fingerprint density at radius 2 is 0.977 bits per heavy atom. The minimum atomic E-state index is -2.24. The highest BCUT2D eigenvalue weighted by atomic mass is 28.4. The Kier molecular flexibility index (Phi) is 9.93. The molecule has 0 amide bonds. The van der Waals surface area contributed by atoms with E-state index in [-0.39, 0.29) is 16.0 Å². The van der Waals surface area contributed by atoms with Gasteiger partial charge in [0, 0.05) is 6.42 Å². The number of benzene rings is 2. The van der Waals surface area contributed by atoms with Crippen LogP contribution >= 0.6 is 0 Å². The van der Waals surface area contributed by atoms with Crippen molar-refractivity contribution in [3.63, 3.8) is 0 Å². The third kappa shape index (κ3) is 6.53. The molecule has 0 aromatic heterocycles. The van der Waals surface area contributed by atoms with Gasteiger partial charge < -0.3 is 37.6 Å². The SMILES string of the molecule is COc1cc(C2(c3cc(OC)c(O[Si](C)(C)C(C)(C)C)c(OC)c3)OC(O)C[C@H]2C)cc(OC)c1O[Si](C)(C)C(C)(C)C. The topological polar surface area (TPSA) is 84.8 Å². The predicted molar refractivity (Wildman–Crippen MR) is 176 cm³/mol. The first kappa shape index (κ1) is 35.1. The van der Waals surface area contributed by atoms with Gasteiger partial charge in [0.05, 0.1) is 28.4 Å². The molecule has 0 saturated carbocycles. The van der Waals surface area contributed by atoms with Crippen molar-refractivity contribution in [2.75, 3.05) is 28.4 Å². The average molecular weight is 635 g/mol. The first-order valence-electron chi connectivity index (χ1n) is 15.0. The normalized spacial score (nSPS) is 19.2. The molecule has 242 valence electrons. The van der Waals surface area contributed by atoms with E-state index < -0.39 is 28.5 Å². The third-order valence-corrected chi connectivity index (χ3v) is 18.3. The molecule has 2 aromatic carbocycles. The van der Waals surface area contributed by atoms with Gasteiger partial charge in [-0.2, -0.15) is 0 Å². The number of rotatable bonds is 10. The van der Waals surface area contributed by atoms with Crippen molar-refractivity contribution in [2.45, 2.75) is 103 Å². The Bertz CT molecular complexity index is 1160. The molecule has 0 bridgehead atoms. The van der Waals surface area contributed by atoms with Crippen LogP contribution in [-0.4, -0.2) is 56.5 Å². The Balaban J connectivity index is 2.31. The van der Waals surface area contributed by atoms with E-state index in [1.807, 2.05) is 24.3 Å². The van der Waals surface area contributed by atoms with Crippen LogP contribution in [0, 0.1) is 5.92 Å². The van der Waals surface area contributed by atoms with Crippen LogP contribution < -0.4 is 27.8 Å². The molecule has 0 spiro atoms. The maximum Gasteiger partial charge on any atom is 0.250 e. The predicted octanol–water partition coefficient (Wildman–Crippen LogP) is 8.11. The summed E-state index contributed by atoms with van der Waals surface area (Å²) >= 11 is 0. The number of hydrogen-bond acceptors (Lipinski definition) is 8. The van der Waals surface area contributed by atoms with Crippen LogP contribution in [0.3, 0.4) is 0 Å². The molecule has 1 N–H and O–H groups in total. The molecular weight excluding hydrogens is 581 g/mol. The van der Waals surface area contributed by atoms with Crippen molar-refractivity contribution >= 4 is 16.6 Å². The highest BCUT2D eigenvalue weighted by Gasteiger charge is 2.51. The fourth-order valence-corrected chi connectivity index (χ4v) is 6.96. The zero-order valence-electron chi connectivity index (χ0n) is 29.0. The number of aliphatic hydroxyl groups is 1. The second-order valence-corrected chi connectivity index (χ2v) is 24.0. The molecule has 2 atom stereocenters. The van der Waals surface area contributed by atoms with Crippen molar-refractivity contribution in [1.29, 1.82) is 0 Å². The summed E-state index contributed by atoms with van der Waals surface area (Å²) in [6.45, 7) is 24.0. The summed E-state index contributed by atoms with van der Waals surface area (Å²) in [5.41, 5.74) is 0.441. The molecule has 0 radical (unpaired) electrons. The van der Waals surface area contributed by atoms with Gasteiger partial charge in [0.1, 0.15) is 5.60 Å². The van der Waals surface area contributed by atoms with E-state index in [2.05, 4.69) is 74.7 Å². The Morgan fingerprint density at radius 3 is 1.19 bits per heavy atom. The van der Waals surface area contributed by atoms with E-state index in [1.165, 1.54) is 0 Å². The first-order chi connectivity index (χ1) is 19.7. The molecule has 8 nitrogen and oxygen atoms in total. The molecule has 0 aliphatic carbocycles. The minimum absolute atomic E-state index is 0.0303. The van der Waals surface area contributed by atoms with Gasteiger partial charge in [-0.05, 0) is 77.6 Å². The van der Waals surface area contributed by atoms with Crippen molar-refractivity contribution in [3.05, 3.63) is 35.4 Å². The fourth-order valence-electron chi connectivity index (χ4n) is 4.93. The third-order valence-electron chi connectivity index (χ3n) is 9.68. The van der Waals surface area contributed by atoms with Crippen LogP contribution in [0.5, 0.6) is 34.5 Å². The van der Waals surface area contributed by atoms with Gasteiger partial charge in [-0.15, -0.1) is 0 Å². The highest BCUT2D eigenvalue weighted by molar-refractivity contribution is 6.75. The van der Waals surface area contributed by atoms with Crippen molar-refractivity contribution in [1.82, 2.24) is 0 Å². The lowest BCUT2D eigenvalue weighted by atomic mass is 9.76. The van der Waals surface area contributed by atoms with Crippen LogP contribution in [0.15, 0.2) is 24.3 Å². The first-order valence-corrected chi connectivity index (χ1v) is 20.8. The molecule has 1 aliphatic rings. The molecule has 10 heteroatoms. The zero-order chi connectivity index (χ0) is 32.8. The summed E-state index contributed by atoms with van der Waals surface area (Å²) in [4.78, 5) is 0. The van der Waals surface area contributed by atoms with Gasteiger partial charge in [-0.25, -0.2) is 0 Å². The molecule has 1 aliphatic heterocycles. The van der Waals surface area contributed by atoms with Crippen molar-refractivity contribution in [3.8, 4) is 34.5 Å². The van der Waals surface area contributed by atoms with E-state index in [4.69, 9.17) is 32.5 Å². The number of aliphatic hydroxyl groups excluding tert-OH is 1. The Hall–Kier alpha value is -2.41. The summed E-state index contributed by atoms with van der Waals surface area (Å²) in [6.07, 6.45) is -0.546. The summed E-state index contributed by atoms with van der Waals surface area (Å²) in [5.74, 6) is 3.13. The Morgan fingerprint density at radius 1 is 0.674 bits per heavy atom. The zero-order valence-corrected chi connectivity index (χ0v) is 31.0. The lowest BCUT2D eigenvalue weighted by molar-refractivity contribution is -0.129. The maximum atomic E-state index is 10.9. The van der Waals surface area contributed by atoms with E-state index in [0.29, 0.717) is 40.9 Å². The van der Waals surface area contributed by atoms with Crippen molar-refractivity contribution < 1.29 is 37.6 Å². The summed E-state index contributed by atoms with van der Waals surface area (Å²) in [6, 6.07) is 7.72. The van der Waals surface area contributed by atoms with Crippen molar-refractivity contribution in [2.24, 2.45) is 5.92 Å².